The normalized spacial score (nSPS) is 19.6. The number of piperidine rings is 1. The fourth-order valence-corrected chi connectivity index (χ4v) is 2.33. The third-order valence-corrected chi connectivity index (χ3v) is 3.14. The Morgan fingerprint density at radius 3 is 2.75 bits per heavy atom. The second kappa shape index (κ2) is 5.97. The maximum Gasteiger partial charge on any atom is 0.0419 e. The lowest BCUT2D eigenvalue weighted by atomic mass is 10.1. The van der Waals surface area contributed by atoms with Gasteiger partial charge in [0.2, 0.25) is 0 Å². The average Bonchev–Trinajstić information content (AvgIpc) is 2.31. The van der Waals surface area contributed by atoms with Crippen molar-refractivity contribution < 1.29 is 0 Å². The third-order valence-electron chi connectivity index (χ3n) is 3.14. The maximum atomic E-state index is 6.15. The SMILES string of the molecule is NC(Cc1ccccn1)CN1CCCCC1. The molecule has 0 saturated carbocycles. The first kappa shape index (κ1) is 11.6. The highest BCUT2D eigenvalue weighted by Gasteiger charge is 2.14. The molecule has 0 aromatic carbocycles. The van der Waals surface area contributed by atoms with Crippen molar-refractivity contribution in [2.75, 3.05) is 19.6 Å². The van der Waals surface area contributed by atoms with Gasteiger partial charge in [0, 0.05) is 30.9 Å². The van der Waals surface area contributed by atoms with Gasteiger partial charge in [-0.15, -0.1) is 0 Å². The monoisotopic (exact) mass is 219 g/mol. The molecule has 0 bridgehead atoms. The Labute approximate surface area is 97.7 Å². The van der Waals surface area contributed by atoms with Crippen molar-refractivity contribution in [3.05, 3.63) is 30.1 Å². The van der Waals surface area contributed by atoms with Gasteiger partial charge in [-0.1, -0.05) is 12.5 Å². The van der Waals surface area contributed by atoms with Crippen LogP contribution in [-0.2, 0) is 6.42 Å². The number of aromatic nitrogens is 1. The highest BCUT2D eigenvalue weighted by molar-refractivity contribution is 5.05. The molecule has 0 aliphatic carbocycles. The van der Waals surface area contributed by atoms with Crippen molar-refractivity contribution in [1.82, 2.24) is 9.88 Å². The number of likely N-dealkylation sites (tertiary alicyclic amines) is 1. The molecule has 1 aromatic heterocycles. The van der Waals surface area contributed by atoms with E-state index in [-0.39, 0.29) is 6.04 Å². The van der Waals surface area contributed by atoms with Gasteiger partial charge < -0.3 is 10.6 Å². The van der Waals surface area contributed by atoms with Gasteiger partial charge >= 0.3 is 0 Å². The van der Waals surface area contributed by atoms with Gasteiger partial charge in [-0.25, -0.2) is 0 Å². The molecule has 1 atom stereocenters. The summed E-state index contributed by atoms with van der Waals surface area (Å²) in [4.78, 5) is 6.80. The number of rotatable bonds is 4. The molecule has 1 unspecified atom stereocenters. The summed E-state index contributed by atoms with van der Waals surface area (Å²) in [7, 11) is 0. The van der Waals surface area contributed by atoms with Gasteiger partial charge in [0.1, 0.15) is 0 Å². The summed E-state index contributed by atoms with van der Waals surface area (Å²) in [6.45, 7) is 3.45. The van der Waals surface area contributed by atoms with E-state index in [1.54, 1.807) is 0 Å². The molecule has 0 spiro atoms. The van der Waals surface area contributed by atoms with Gasteiger partial charge in [-0.3, -0.25) is 4.98 Å². The van der Waals surface area contributed by atoms with Crippen LogP contribution in [0.1, 0.15) is 25.0 Å². The first-order valence-electron chi connectivity index (χ1n) is 6.22. The van der Waals surface area contributed by atoms with Crippen LogP contribution in [-0.4, -0.2) is 35.6 Å². The van der Waals surface area contributed by atoms with Crippen molar-refractivity contribution in [3.63, 3.8) is 0 Å². The second-order valence-corrected chi connectivity index (χ2v) is 4.65. The molecule has 88 valence electrons. The average molecular weight is 219 g/mol. The maximum absolute atomic E-state index is 6.15. The van der Waals surface area contributed by atoms with Crippen LogP contribution in [0.5, 0.6) is 0 Å². The van der Waals surface area contributed by atoms with E-state index in [0.717, 1.165) is 18.7 Å². The molecular weight excluding hydrogens is 198 g/mol. The highest BCUT2D eigenvalue weighted by atomic mass is 15.1. The predicted octanol–water partition coefficient (Wildman–Crippen LogP) is 1.44. The molecule has 1 aromatic rings. The topological polar surface area (TPSA) is 42.1 Å². The summed E-state index contributed by atoms with van der Waals surface area (Å²) in [6.07, 6.45) is 6.76. The molecule has 2 rings (SSSR count). The Balaban J connectivity index is 1.77. The van der Waals surface area contributed by atoms with E-state index in [4.69, 9.17) is 5.73 Å². The summed E-state index contributed by atoms with van der Waals surface area (Å²) in [5.41, 5.74) is 7.26. The molecule has 2 heterocycles. The van der Waals surface area contributed by atoms with Gasteiger partial charge in [-0.05, 0) is 38.1 Å². The van der Waals surface area contributed by atoms with Crippen molar-refractivity contribution in [2.45, 2.75) is 31.7 Å². The zero-order valence-electron chi connectivity index (χ0n) is 9.81. The van der Waals surface area contributed by atoms with E-state index in [1.165, 1.54) is 32.4 Å². The van der Waals surface area contributed by atoms with Crippen LogP contribution in [0.2, 0.25) is 0 Å². The summed E-state index contributed by atoms with van der Waals surface area (Å²) in [5, 5.41) is 0. The van der Waals surface area contributed by atoms with E-state index in [0.29, 0.717) is 0 Å². The van der Waals surface area contributed by atoms with Crippen LogP contribution in [0.3, 0.4) is 0 Å². The van der Waals surface area contributed by atoms with Crippen molar-refractivity contribution in [2.24, 2.45) is 5.73 Å². The summed E-state index contributed by atoms with van der Waals surface area (Å²) < 4.78 is 0. The lowest BCUT2D eigenvalue weighted by Crippen LogP contribution is -2.41. The zero-order valence-corrected chi connectivity index (χ0v) is 9.81. The minimum Gasteiger partial charge on any atom is -0.326 e. The van der Waals surface area contributed by atoms with Gasteiger partial charge in [-0.2, -0.15) is 0 Å². The Kier molecular flexibility index (Phi) is 4.31. The van der Waals surface area contributed by atoms with Crippen LogP contribution in [0.25, 0.3) is 0 Å². The van der Waals surface area contributed by atoms with Gasteiger partial charge in [0.15, 0.2) is 0 Å². The molecular formula is C13H21N3. The van der Waals surface area contributed by atoms with Crippen molar-refractivity contribution in [1.29, 1.82) is 0 Å². The van der Waals surface area contributed by atoms with Crippen molar-refractivity contribution >= 4 is 0 Å². The highest BCUT2D eigenvalue weighted by Crippen LogP contribution is 2.09. The first-order valence-corrected chi connectivity index (χ1v) is 6.22. The molecule has 2 N–H and O–H groups in total. The molecule has 1 aliphatic rings. The number of hydrogen-bond acceptors (Lipinski definition) is 3. The number of nitrogens with zero attached hydrogens (tertiary/aromatic N) is 2. The lowest BCUT2D eigenvalue weighted by molar-refractivity contribution is 0.215. The summed E-state index contributed by atoms with van der Waals surface area (Å²) in [6, 6.07) is 6.24. The van der Waals surface area contributed by atoms with E-state index in [1.807, 2.05) is 18.3 Å². The summed E-state index contributed by atoms with van der Waals surface area (Å²) in [5.74, 6) is 0. The molecule has 3 nitrogen and oxygen atoms in total. The minimum atomic E-state index is 0.216. The zero-order chi connectivity index (χ0) is 11.2. The molecule has 1 fully saturated rings. The van der Waals surface area contributed by atoms with Crippen LogP contribution in [0.4, 0.5) is 0 Å². The fourth-order valence-electron chi connectivity index (χ4n) is 2.33. The molecule has 0 amide bonds. The standard InChI is InChI=1S/C13H21N3/c14-12(10-13-6-2-3-7-15-13)11-16-8-4-1-5-9-16/h2-3,6-7,12H,1,4-5,8-11,14H2. The molecule has 3 heteroatoms. The molecule has 1 aliphatic heterocycles. The van der Waals surface area contributed by atoms with Crippen LogP contribution < -0.4 is 5.73 Å². The van der Waals surface area contributed by atoms with Crippen LogP contribution in [0.15, 0.2) is 24.4 Å². The van der Waals surface area contributed by atoms with E-state index in [9.17, 15) is 0 Å². The van der Waals surface area contributed by atoms with Crippen LogP contribution in [0, 0.1) is 0 Å². The van der Waals surface area contributed by atoms with E-state index >= 15 is 0 Å². The Bertz CT molecular complexity index is 293. The Hall–Kier alpha value is -0.930. The first-order chi connectivity index (χ1) is 7.84. The van der Waals surface area contributed by atoms with Crippen LogP contribution >= 0.6 is 0 Å². The second-order valence-electron chi connectivity index (χ2n) is 4.65. The van der Waals surface area contributed by atoms with E-state index < -0.39 is 0 Å². The Morgan fingerprint density at radius 2 is 2.06 bits per heavy atom. The molecule has 0 radical (unpaired) electrons. The smallest absolute Gasteiger partial charge is 0.0419 e. The van der Waals surface area contributed by atoms with Gasteiger partial charge in [0.05, 0.1) is 0 Å². The fraction of sp³-hybridized carbons (Fsp3) is 0.615. The quantitative estimate of drug-likeness (QED) is 0.833. The third kappa shape index (κ3) is 3.58. The summed E-state index contributed by atoms with van der Waals surface area (Å²) >= 11 is 0. The lowest BCUT2D eigenvalue weighted by Gasteiger charge is -2.28. The van der Waals surface area contributed by atoms with E-state index in [2.05, 4.69) is 16.0 Å². The Morgan fingerprint density at radius 1 is 1.25 bits per heavy atom. The molecule has 1 saturated heterocycles. The predicted molar refractivity (Wildman–Crippen MR) is 66.2 cm³/mol. The largest absolute Gasteiger partial charge is 0.326 e. The molecule has 16 heavy (non-hydrogen) atoms. The van der Waals surface area contributed by atoms with Crippen molar-refractivity contribution in [3.8, 4) is 0 Å². The van der Waals surface area contributed by atoms with Gasteiger partial charge in [0.25, 0.3) is 0 Å². The minimum absolute atomic E-state index is 0.216. The number of nitrogens with two attached hydrogens (primary N) is 1. The number of hydrogen-bond donors (Lipinski definition) is 1. The number of pyridine rings is 1.